The second-order valence-corrected chi connectivity index (χ2v) is 10.8. The Kier molecular flexibility index (Phi) is 6.86. The summed E-state index contributed by atoms with van der Waals surface area (Å²) >= 11 is 0. The summed E-state index contributed by atoms with van der Waals surface area (Å²) < 4.78 is 33.9. The van der Waals surface area contributed by atoms with E-state index in [2.05, 4.69) is 22.3 Å². The Morgan fingerprint density at radius 2 is 1.77 bits per heavy atom. The number of para-hydroxylation sites is 1. The van der Waals surface area contributed by atoms with E-state index in [0.29, 0.717) is 37.4 Å². The molecule has 7 nitrogen and oxygen atoms in total. The third-order valence-electron chi connectivity index (χ3n) is 6.49. The quantitative estimate of drug-likeness (QED) is 0.550. The van der Waals surface area contributed by atoms with E-state index in [0.717, 1.165) is 25.2 Å². The fraction of sp³-hybridized carbons (Fsp3) is 0.296. The van der Waals surface area contributed by atoms with E-state index in [1.807, 2.05) is 42.5 Å². The van der Waals surface area contributed by atoms with Crippen molar-refractivity contribution in [2.75, 3.05) is 37.1 Å². The van der Waals surface area contributed by atoms with Gasteiger partial charge in [0.15, 0.2) is 0 Å². The van der Waals surface area contributed by atoms with E-state index in [9.17, 15) is 13.2 Å². The van der Waals surface area contributed by atoms with Crippen molar-refractivity contribution in [3.05, 3.63) is 95.6 Å². The highest BCUT2D eigenvalue weighted by Crippen LogP contribution is 2.32. The maximum Gasteiger partial charge on any atom is 0.264 e. The van der Waals surface area contributed by atoms with Gasteiger partial charge in [-0.3, -0.25) is 14.0 Å². The van der Waals surface area contributed by atoms with Crippen LogP contribution in [0.25, 0.3) is 0 Å². The number of carbonyl (C=O) groups excluding carboxylic acids is 1. The molecule has 2 aliphatic heterocycles. The summed E-state index contributed by atoms with van der Waals surface area (Å²) in [6.45, 7) is 3.78. The molecule has 0 aromatic heterocycles. The second-order valence-electron chi connectivity index (χ2n) is 8.91. The molecule has 0 unspecified atom stereocenters. The number of nitrogens with one attached hydrogen (secondary N) is 1. The van der Waals surface area contributed by atoms with Crippen molar-refractivity contribution >= 4 is 21.6 Å². The standard InChI is InChI=1S/C27H29N3O4S/c31-27(28-18-24-20-29(15-16-34-24)19-21-7-2-1-3-8-21)23-10-6-11-25(17-23)35(32,33)30-14-13-22-9-4-5-12-26(22)30/h1-12,17,24H,13-16,18-20H2,(H,28,31)/t24-/m0/s1. The van der Waals surface area contributed by atoms with Crippen molar-refractivity contribution in [3.63, 3.8) is 0 Å². The largest absolute Gasteiger partial charge is 0.374 e. The summed E-state index contributed by atoms with van der Waals surface area (Å²) in [6, 6.07) is 24.0. The summed E-state index contributed by atoms with van der Waals surface area (Å²) in [7, 11) is -3.76. The molecule has 8 heteroatoms. The van der Waals surface area contributed by atoms with Crippen molar-refractivity contribution in [2.45, 2.75) is 24.0 Å². The fourth-order valence-electron chi connectivity index (χ4n) is 4.68. The molecule has 1 atom stereocenters. The summed E-state index contributed by atoms with van der Waals surface area (Å²) in [4.78, 5) is 15.3. The van der Waals surface area contributed by atoms with Gasteiger partial charge in [0.2, 0.25) is 0 Å². The maximum atomic E-state index is 13.3. The lowest BCUT2D eigenvalue weighted by atomic mass is 10.2. The van der Waals surface area contributed by atoms with Gasteiger partial charge in [-0.2, -0.15) is 0 Å². The molecule has 2 aliphatic rings. The van der Waals surface area contributed by atoms with Crippen LogP contribution in [-0.4, -0.2) is 58.1 Å². The van der Waals surface area contributed by atoms with Crippen molar-refractivity contribution in [1.29, 1.82) is 0 Å². The van der Waals surface area contributed by atoms with Gasteiger partial charge < -0.3 is 10.1 Å². The SMILES string of the molecule is O=C(NC[C@H]1CN(Cc2ccccc2)CCO1)c1cccc(S(=O)(=O)N2CCc3ccccc32)c1. The highest BCUT2D eigenvalue weighted by Gasteiger charge is 2.31. The van der Waals surface area contributed by atoms with Gasteiger partial charge in [-0.1, -0.05) is 54.6 Å². The van der Waals surface area contributed by atoms with Crippen LogP contribution in [0, 0.1) is 0 Å². The van der Waals surface area contributed by atoms with Crippen LogP contribution in [0.2, 0.25) is 0 Å². The molecular weight excluding hydrogens is 462 g/mol. The molecule has 5 rings (SSSR count). The number of sulfonamides is 1. The molecule has 0 bridgehead atoms. The number of ether oxygens (including phenoxy) is 1. The first kappa shape index (κ1) is 23.5. The zero-order chi connectivity index (χ0) is 24.3. The van der Waals surface area contributed by atoms with E-state index < -0.39 is 10.0 Å². The lowest BCUT2D eigenvalue weighted by Crippen LogP contribution is -2.47. The van der Waals surface area contributed by atoms with E-state index in [4.69, 9.17) is 4.74 Å². The molecule has 182 valence electrons. The zero-order valence-corrected chi connectivity index (χ0v) is 20.3. The highest BCUT2D eigenvalue weighted by atomic mass is 32.2. The molecular formula is C27H29N3O4S. The number of benzene rings is 3. The average molecular weight is 492 g/mol. The smallest absolute Gasteiger partial charge is 0.264 e. The Balaban J connectivity index is 1.22. The van der Waals surface area contributed by atoms with Crippen LogP contribution in [0.4, 0.5) is 5.69 Å². The van der Waals surface area contributed by atoms with Gasteiger partial charge in [0.1, 0.15) is 0 Å². The lowest BCUT2D eigenvalue weighted by molar-refractivity contribution is -0.0292. The summed E-state index contributed by atoms with van der Waals surface area (Å²) in [5, 5.41) is 2.92. The Hall–Kier alpha value is -3.20. The molecule has 3 aromatic carbocycles. The van der Waals surface area contributed by atoms with Crippen LogP contribution in [0.1, 0.15) is 21.5 Å². The third kappa shape index (κ3) is 5.24. The molecule has 1 saturated heterocycles. The Bertz CT molecular complexity index is 1300. The topological polar surface area (TPSA) is 79.0 Å². The highest BCUT2D eigenvalue weighted by molar-refractivity contribution is 7.92. The van der Waals surface area contributed by atoms with Crippen LogP contribution in [-0.2, 0) is 27.7 Å². The Morgan fingerprint density at radius 1 is 0.971 bits per heavy atom. The van der Waals surface area contributed by atoms with Gasteiger partial charge in [-0.15, -0.1) is 0 Å². The van der Waals surface area contributed by atoms with Gasteiger partial charge in [0, 0.05) is 38.3 Å². The van der Waals surface area contributed by atoms with E-state index >= 15 is 0 Å². The lowest BCUT2D eigenvalue weighted by Gasteiger charge is -2.33. The average Bonchev–Trinajstić information content (AvgIpc) is 3.33. The molecule has 2 heterocycles. The van der Waals surface area contributed by atoms with Gasteiger partial charge in [-0.05, 0) is 41.8 Å². The van der Waals surface area contributed by atoms with Crippen molar-refractivity contribution < 1.29 is 17.9 Å². The number of amides is 1. The minimum absolute atomic E-state index is 0.116. The molecule has 0 saturated carbocycles. The minimum atomic E-state index is -3.76. The van der Waals surface area contributed by atoms with Crippen LogP contribution < -0.4 is 9.62 Å². The predicted molar refractivity (Wildman–Crippen MR) is 135 cm³/mol. The van der Waals surface area contributed by atoms with Crippen molar-refractivity contribution in [1.82, 2.24) is 10.2 Å². The number of fused-ring (bicyclic) bond motifs is 1. The first-order chi connectivity index (χ1) is 17.0. The monoisotopic (exact) mass is 491 g/mol. The summed E-state index contributed by atoms with van der Waals surface area (Å²) in [5.41, 5.74) is 3.28. The first-order valence-corrected chi connectivity index (χ1v) is 13.3. The minimum Gasteiger partial charge on any atom is -0.374 e. The van der Waals surface area contributed by atoms with E-state index in [1.54, 1.807) is 18.2 Å². The Morgan fingerprint density at radius 3 is 2.63 bits per heavy atom. The first-order valence-electron chi connectivity index (χ1n) is 11.9. The van der Waals surface area contributed by atoms with Gasteiger partial charge in [0.25, 0.3) is 15.9 Å². The van der Waals surface area contributed by atoms with Crippen molar-refractivity contribution in [2.24, 2.45) is 0 Å². The van der Waals surface area contributed by atoms with Crippen LogP contribution in [0.15, 0.2) is 83.8 Å². The molecule has 3 aromatic rings. The number of nitrogens with zero attached hydrogens (tertiary/aromatic N) is 2. The second kappa shape index (κ2) is 10.2. The summed E-state index contributed by atoms with van der Waals surface area (Å²) in [6.07, 6.45) is 0.558. The number of morpholine rings is 1. The van der Waals surface area contributed by atoms with Crippen LogP contribution >= 0.6 is 0 Å². The van der Waals surface area contributed by atoms with Crippen LogP contribution in [0.5, 0.6) is 0 Å². The predicted octanol–water partition coefficient (Wildman–Crippen LogP) is 3.07. The third-order valence-corrected chi connectivity index (χ3v) is 8.30. The van der Waals surface area contributed by atoms with E-state index in [1.165, 1.54) is 15.9 Å². The van der Waals surface area contributed by atoms with Gasteiger partial charge in [0.05, 0.1) is 23.3 Å². The summed E-state index contributed by atoms with van der Waals surface area (Å²) in [5.74, 6) is -0.312. The van der Waals surface area contributed by atoms with Crippen molar-refractivity contribution in [3.8, 4) is 0 Å². The zero-order valence-electron chi connectivity index (χ0n) is 19.5. The number of rotatable bonds is 7. The number of anilines is 1. The maximum absolute atomic E-state index is 13.3. The van der Waals surface area contributed by atoms with Crippen LogP contribution in [0.3, 0.4) is 0 Å². The molecule has 1 amide bonds. The van der Waals surface area contributed by atoms with Gasteiger partial charge >= 0.3 is 0 Å². The normalized spacial score (nSPS) is 18.3. The number of hydrogen-bond acceptors (Lipinski definition) is 5. The fourth-order valence-corrected chi connectivity index (χ4v) is 6.23. The van der Waals surface area contributed by atoms with Gasteiger partial charge in [-0.25, -0.2) is 8.42 Å². The molecule has 0 aliphatic carbocycles. The molecule has 0 radical (unpaired) electrons. The molecule has 1 fully saturated rings. The number of hydrogen-bond donors (Lipinski definition) is 1. The molecule has 35 heavy (non-hydrogen) atoms. The Labute approximate surface area is 206 Å². The number of carbonyl (C=O) groups is 1. The molecule has 0 spiro atoms. The molecule has 1 N–H and O–H groups in total. The van der Waals surface area contributed by atoms with E-state index in [-0.39, 0.29) is 16.9 Å².